The van der Waals surface area contributed by atoms with Crippen LogP contribution in [-0.4, -0.2) is 52.5 Å². The number of nitrogens with zero attached hydrogens (tertiary/aromatic N) is 4. The molecule has 0 radical (unpaired) electrons. The molecule has 0 unspecified atom stereocenters. The van der Waals surface area contributed by atoms with E-state index in [0.29, 0.717) is 12.2 Å². The average molecular weight is 381 g/mol. The Kier molecular flexibility index (Phi) is 5.23. The lowest BCUT2D eigenvalue weighted by molar-refractivity contribution is -0.385. The molecule has 0 saturated carbocycles. The maximum Gasteiger partial charge on any atom is 0.286 e. The molecular formula is C20H23N5O3. The zero-order valence-electron chi connectivity index (χ0n) is 15.8. The van der Waals surface area contributed by atoms with E-state index in [-0.39, 0.29) is 10.6 Å². The number of hydrogen-bond acceptors (Lipinski definition) is 6. The number of pyridine rings is 1. The zero-order chi connectivity index (χ0) is 19.5. The SMILES string of the molecule is COc1cccc(-c2nc3ccc([N+](=O)[O-])cn3c2CN2CCCNCC2)c1. The maximum absolute atomic E-state index is 11.3. The van der Waals surface area contributed by atoms with Crippen molar-refractivity contribution < 1.29 is 9.66 Å². The molecular weight excluding hydrogens is 358 g/mol. The van der Waals surface area contributed by atoms with Gasteiger partial charge in [-0.05, 0) is 37.7 Å². The summed E-state index contributed by atoms with van der Waals surface area (Å²) in [5.41, 5.74) is 3.48. The Balaban J connectivity index is 1.83. The summed E-state index contributed by atoms with van der Waals surface area (Å²) in [4.78, 5) is 18.1. The zero-order valence-corrected chi connectivity index (χ0v) is 15.8. The van der Waals surface area contributed by atoms with E-state index >= 15 is 0 Å². The molecule has 146 valence electrons. The lowest BCUT2D eigenvalue weighted by Gasteiger charge is -2.20. The fourth-order valence-corrected chi connectivity index (χ4v) is 3.61. The van der Waals surface area contributed by atoms with E-state index in [1.165, 1.54) is 6.07 Å². The van der Waals surface area contributed by atoms with Gasteiger partial charge in [0, 0.05) is 31.3 Å². The van der Waals surface area contributed by atoms with E-state index in [0.717, 1.165) is 55.3 Å². The van der Waals surface area contributed by atoms with Gasteiger partial charge >= 0.3 is 0 Å². The van der Waals surface area contributed by atoms with Crippen LogP contribution in [-0.2, 0) is 6.54 Å². The molecule has 4 rings (SSSR count). The second kappa shape index (κ2) is 7.95. The van der Waals surface area contributed by atoms with Gasteiger partial charge in [0.25, 0.3) is 5.69 Å². The van der Waals surface area contributed by atoms with Crippen molar-refractivity contribution >= 4 is 11.3 Å². The van der Waals surface area contributed by atoms with Gasteiger partial charge in [-0.25, -0.2) is 4.98 Å². The fraction of sp³-hybridized carbons (Fsp3) is 0.350. The Hall–Kier alpha value is -2.97. The second-order valence-corrected chi connectivity index (χ2v) is 6.89. The van der Waals surface area contributed by atoms with Gasteiger partial charge in [0.1, 0.15) is 11.4 Å². The van der Waals surface area contributed by atoms with Crippen LogP contribution in [0.15, 0.2) is 42.6 Å². The summed E-state index contributed by atoms with van der Waals surface area (Å²) >= 11 is 0. The van der Waals surface area contributed by atoms with Crippen molar-refractivity contribution in [3.05, 3.63) is 58.4 Å². The van der Waals surface area contributed by atoms with Crippen LogP contribution in [0.1, 0.15) is 12.1 Å². The summed E-state index contributed by atoms with van der Waals surface area (Å²) in [5.74, 6) is 0.755. The van der Waals surface area contributed by atoms with Gasteiger partial charge < -0.3 is 10.1 Å². The minimum absolute atomic E-state index is 0.0564. The average Bonchev–Trinajstić information content (AvgIpc) is 2.87. The van der Waals surface area contributed by atoms with Crippen LogP contribution in [0.2, 0.25) is 0 Å². The van der Waals surface area contributed by atoms with E-state index in [2.05, 4.69) is 10.2 Å². The number of hydrogen-bond donors (Lipinski definition) is 1. The summed E-state index contributed by atoms with van der Waals surface area (Å²) in [6.07, 6.45) is 2.64. The smallest absolute Gasteiger partial charge is 0.286 e. The van der Waals surface area contributed by atoms with Gasteiger partial charge in [-0.1, -0.05) is 12.1 Å². The number of ether oxygens (including phenoxy) is 1. The van der Waals surface area contributed by atoms with Crippen molar-refractivity contribution in [2.75, 3.05) is 33.3 Å². The van der Waals surface area contributed by atoms with Crippen LogP contribution in [0.3, 0.4) is 0 Å². The first-order valence-corrected chi connectivity index (χ1v) is 9.38. The maximum atomic E-state index is 11.3. The van der Waals surface area contributed by atoms with Gasteiger partial charge in [0.15, 0.2) is 0 Å². The molecule has 1 fully saturated rings. The Morgan fingerprint density at radius 3 is 2.96 bits per heavy atom. The molecule has 8 heteroatoms. The molecule has 0 spiro atoms. The van der Waals surface area contributed by atoms with Gasteiger partial charge in [-0.15, -0.1) is 0 Å². The highest BCUT2D eigenvalue weighted by atomic mass is 16.6. The van der Waals surface area contributed by atoms with Crippen LogP contribution in [0, 0.1) is 10.1 Å². The van der Waals surface area contributed by atoms with Gasteiger partial charge in [0.05, 0.1) is 29.6 Å². The van der Waals surface area contributed by atoms with E-state index in [4.69, 9.17) is 9.72 Å². The number of methoxy groups -OCH3 is 1. The highest BCUT2D eigenvalue weighted by molar-refractivity contribution is 5.68. The summed E-state index contributed by atoms with van der Waals surface area (Å²) in [7, 11) is 1.64. The molecule has 1 aromatic carbocycles. The number of fused-ring (bicyclic) bond motifs is 1. The molecule has 28 heavy (non-hydrogen) atoms. The molecule has 8 nitrogen and oxygen atoms in total. The van der Waals surface area contributed by atoms with Crippen molar-refractivity contribution in [3.8, 4) is 17.0 Å². The highest BCUT2D eigenvalue weighted by Crippen LogP contribution is 2.29. The first kappa shape index (κ1) is 18.4. The third kappa shape index (κ3) is 3.69. The Bertz CT molecular complexity index is 993. The van der Waals surface area contributed by atoms with Crippen molar-refractivity contribution in [2.24, 2.45) is 0 Å². The third-order valence-corrected chi connectivity index (χ3v) is 5.06. The van der Waals surface area contributed by atoms with Crippen LogP contribution < -0.4 is 10.1 Å². The lowest BCUT2D eigenvalue weighted by atomic mass is 10.1. The van der Waals surface area contributed by atoms with E-state index in [1.807, 2.05) is 28.7 Å². The van der Waals surface area contributed by atoms with Crippen LogP contribution in [0.5, 0.6) is 5.75 Å². The molecule has 3 aromatic rings. The number of nitro groups is 1. The number of imidazole rings is 1. The largest absolute Gasteiger partial charge is 0.497 e. The predicted molar refractivity (Wildman–Crippen MR) is 107 cm³/mol. The number of benzene rings is 1. The molecule has 3 heterocycles. The lowest BCUT2D eigenvalue weighted by Crippen LogP contribution is -2.28. The quantitative estimate of drug-likeness (QED) is 0.540. The van der Waals surface area contributed by atoms with E-state index in [1.54, 1.807) is 19.4 Å². The first-order chi connectivity index (χ1) is 13.7. The molecule has 1 aliphatic rings. The normalized spacial score (nSPS) is 15.5. The summed E-state index contributed by atoms with van der Waals surface area (Å²) in [6.45, 7) is 4.53. The Labute approximate surface area is 162 Å². The standard InChI is InChI=1S/C20H23N5O3/c1-28-17-5-2-4-15(12-17)20-18(14-23-10-3-8-21-9-11-23)24-13-16(25(26)27)6-7-19(24)22-20/h2,4-7,12-13,21H,3,8-11,14H2,1H3. The number of nitrogens with one attached hydrogen (secondary N) is 1. The van der Waals surface area contributed by atoms with Crippen molar-refractivity contribution in [3.63, 3.8) is 0 Å². The molecule has 0 atom stereocenters. The van der Waals surface area contributed by atoms with Crippen molar-refractivity contribution in [1.82, 2.24) is 19.6 Å². The monoisotopic (exact) mass is 381 g/mol. The van der Waals surface area contributed by atoms with Gasteiger partial charge in [0.2, 0.25) is 0 Å². The minimum atomic E-state index is -0.371. The molecule has 1 aliphatic heterocycles. The molecule has 1 saturated heterocycles. The summed E-state index contributed by atoms with van der Waals surface area (Å²) in [6, 6.07) is 11.0. The van der Waals surface area contributed by atoms with Crippen LogP contribution >= 0.6 is 0 Å². The fourth-order valence-electron chi connectivity index (χ4n) is 3.61. The molecule has 2 aromatic heterocycles. The molecule has 0 bridgehead atoms. The molecule has 0 aliphatic carbocycles. The molecule has 0 amide bonds. The topological polar surface area (TPSA) is 84.9 Å². The minimum Gasteiger partial charge on any atom is -0.497 e. The number of aromatic nitrogens is 2. The van der Waals surface area contributed by atoms with Gasteiger partial charge in [-0.3, -0.25) is 19.4 Å². The van der Waals surface area contributed by atoms with E-state index in [9.17, 15) is 10.1 Å². The summed E-state index contributed by atoms with van der Waals surface area (Å²) < 4.78 is 7.22. The highest BCUT2D eigenvalue weighted by Gasteiger charge is 2.20. The Morgan fingerprint density at radius 1 is 1.25 bits per heavy atom. The predicted octanol–water partition coefficient (Wildman–Crippen LogP) is 2.71. The number of rotatable bonds is 5. The van der Waals surface area contributed by atoms with Crippen molar-refractivity contribution in [1.29, 1.82) is 0 Å². The van der Waals surface area contributed by atoms with Gasteiger partial charge in [-0.2, -0.15) is 0 Å². The van der Waals surface area contributed by atoms with Crippen LogP contribution in [0.25, 0.3) is 16.9 Å². The third-order valence-electron chi connectivity index (χ3n) is 5.06. The second-order valence-electron chi connectivity index (χ2n) is 6.89. The van der Waals surface area contributed by atoms with Crippen molar-refractivity contribution in [2.45, 2.75) is 13.0 Å². The van der Waals surface area contributed by atoms with E-state index < -0.39 is 0 Å². The summed E-state index contributed by atoms with van der Waals surface area (Å²) in [5, 5.41) is 14.7. The molecule has 1 N–H and O–H groups in total. The Morgan fingerprint density at radius 2 is 2.14 bits per heavy atom. The van der Waals surface area contributed by atoms with Crippen LogP contribution in [0.4, 0.5) is 5.69 Å². The first-order valence-electron chi connectivity index (χ1n) is 9.38.